The van der Waals surface area contributed by atoms with Gasteiger partial charge in [-0.2, -0.15) is 0 Å². The van der Waals surface area contributed by atoms with E-state index in [0.29, 0.717) is 28.3 Å². The zero-order chi connectivity index (χ0) is 19.8. The van der Waals surface area contributed by atoms with Crippen LogP contribution < -0.4 is 0 Å². The van der Waals surface area contributed by atoms with Crippen LogP contribution in [0.15, 0.2) is 40.9 Å². The fourth-order valence-electron chi connectivity index (χ4n) is 3.43. The van der Waals surface area contributed by atoms with Gasteiger partial charge in [-0.15, -0.1) is 0 Å². The van der Waals surface area contributed by atoms with Crippen molar-refractivity contribution in [2.45, 2.75) is 38.1 Å². The summed E-state index contributed by atoms with van der Waals surface area (Å²) in [5.41, 5.74) is 2.95. The molecule has 2 heterocycles. The van der Waals surface area contributed by atoms with E-state index >= 15 is 0 Å². The highest BCUT2D eigenvalue weighted by molar-refractivity contribution is 6.07. The van der Waals surface area contributed by atoms with Gasteiger partial charge in [-0.05, 0) is 31.4 Å². The van der Waals surface area contributed by atoms with Crippen molar-refractivity contribution < 1.29 is 19.2 Å². The number of nitrogens with zero attached hydrogens (tertiary/aromatic N) is 3. The average molecular weight is 379 g/mol. The van der Waals surface area contributed by atoms with Crippen LogP contribution in [0.25, 0.3) is 11.1 Å². The zero-order valence-electron chi connectivity index (χ0n) is 15.8. The van der Waals surface area contributed by atoms with Crippen LogP contribution in [0.4, 0.5) is 0 Å². The summed E-state index contributed by atoms with van der Waals surface area (Å²) in [5.74, 6) is -1.09. The Hall–Kier alpha value is -3.22. The van der Waals surface area contributed by atoms with Gasteiger partial charge in [0.15, 0.2) is 0 Å². The lowest BCUT2D eigenvalue weighted by atomic mass is 10.0. The summed E-state index contributed by atoms with van der Waals surface area (Å²) in [5, 5.41) is 14.2. The SMILES string of the molecule is Cc1noc2nc(C3CC3)cc(C(=O)N(C)C(Cc3ccccc3)C(=O)O)c12. The first kappa shape index (κ1) is 18.2. The summed E-state index contributed by atoms with van der Waals surface area (Å²) in [6, 6.07) is 10.1. The van der Waals surface area contributed by atoms with Gasteiger partial charge in [0.25, 0.3) is 11.6 Å². The van der Waals surface area contributed by atoms with Crippen LogP contribution in [0.2, 0.25) is 0 Å². The molecule has 1 atom stereocenters. The molecule has 7 nitrogen and oxygen atoms in total. The molecule has 2 aromatic heterocycles. The molecule has 1 fully saturated rings. The molecule has 1 aliphatic rings. The van der Waals surface area contributed by atoms with E-state index in [1.807, 2.05) is 30.3 Å². The van der Waals surface area contributed by atoms with E-state index in [0.717, 1.165) is 24.1 Å². The van der Waals surface area contributed by atoms with Gasteiger partial charge in [0.2, 0.25) is 0 Å². The van der Waals surface area contributed by atoms with Crippen molar-refractivity contribution >= 4 is 23.0 Å². The van der Waals surface area contributed by atoms with Crippen LogP contribution in [0.1, 0.15) is 46.1 Å². The van der Waals surface area contributed by atoms with Gasteiger partial charge in [0.05, 0.1) is 16.6 Å². The number of aryl methyl sites for hydroxylation is 1. The Morgan fingerprint density at radius 3 is 2.64 bits per heavy atom. The van der Waals surface area contributed by atoms with Gasteiger partial charge in [-0.1, -0.05) is 35.5 Å². The number of hydrogen-bond acceptors (Lipinski definition) is 5. The second kappa shape index (κ2) is 7.07. The fourth-order valence-corrected chi connectivity index (χ4v) is 3.43. The molecule has 0 radical (unpaired) electrons. The lowest BCUT2D eigenvalue weighted by Crippen LogP contribution is -2.44. The molecule has 1 aliphatic carbocycles. The number of carboxylic acid groups (broad SMARTS) is 1. The van der Waals surface area contributed by atoms with Gasteiger partial charge in [0.1, 0.15) is 6.04 Å². The lowest BCUT2D eigenvalue weighted by Gasteiger charge is -2.25. The number of benzene rings is 1. The normalized spacial score (nSPS) is 14.8. The number of carbonyl (C=O) groups excluding carboxylic acids is 1. The van der Waals surface area contributed by atoms with Crippen molar-refractivity contribution in [3.8, 4) is 0 Å². The molecule has 1 saturated carbocycles. The summed E-state index contributed by atoms with van der Waals surface area (Å²) in [4.78, 5) is 31.0. The Balaban J connectivity index is 1.71. The Morgan fingerprint density at radius 2 is 2.00 bits per heavy atom. The third-order valence-corrected chi connectivity index (χ3v) is 5.21. The topological polar surface area (TPSA) is 96.5 Å². The van der Waals surface area contributed by atoms with E-state index in [-0.39, 0.29) is 12.3 Å². The molecule has 1 N–H and O–H groups in total. The largest absolute Gasteiger partial charge is 0.480 e. The second-order valence-electron chi connectivity index (χ2n) is 7.28. The third kappa shape index (κ3) is 3.35. The van der Waals surface area contributed by atoms with Gasteiger partial charge in [0, 0.05) is 25.1 Å². The number of hydrogen-bond donors (Lipinski definition) is 1. The molecule has 7 heteroatoms. The van der Waals surface area contributed by atoms with Crippen molar-refractivity contribution in [1.29, 1.82) is 0 Å². The fraction of sp³-hybridized carbons (Fsp3) is 0.333. The van der Waals surface area contributed by atoms with Crippen molar-refractivity contribution in [3.05, 3.63) is 58.9 Å². The maximum Gasteiger partial charge on any atom is 0.326 e. The highest BCUT2D eigenvalue weighted by atomic mass is 16.5. The average Bonchev–Trinajstić information content (AvgIpc) is 3.48. The number of rotatable bonds is 6. The minimum atomic E-state index is -1.05. The molecule has 144 valence electrons. The molecule has 1 aromatic carbocycles. The summed E-state index contributed by atoms with van der Waals surface area (Å²) < 4.78 is 5.29. The first-order chi connectivity index (χ1) is 13.5. The van der Waals surface area contributed by atoms with E-state index in [2.05, 4.69) is 10.1 Å². The Labute approximate surface area is 162 Å². The standard InChI is InChI=1S/C21H21N3O4/c1-12-18-15(11-16(14-8-9-14)22-19(18)28-23-12)20(25)24(2)17(21(26)27)10-13-6-4-3-5-7-13/h3-7,11,14,17H,8-10H2,1-2H3,(H,26,27). The second-order valence-corrected chi connectivity index (χ2v) is 7.28. The Morgan fingerprint density at radius 1 is 1.29 bits per heavy atom. The number of aliphatic carboxylic acids is 1. The molecule has 1 amide bonds. The minimum absolute atomic E-state index is 0.227. The third-order valence-electron chi connectivity index (χ3n) is 5.21. The van der Waals surface area contributed by atoms with Crippen LogP contribution in [0.5, 0.6) is 0 Å². The number of carboxylic acids is 1. The summed E-state index contributed by atoms with van der Waals surface area (Å²) >= 11 is 0. The molecule has 0 spiro atoms. The van der Waals surface area contributed by atoms with E-state index in [1.54, 1.807) is 13.0 Å². The van der Waals surface area contributed by atoms with Crippen LogP contribution in [-0.4, -0.2) is 45.1 Å². The molecule has 0 aliphatic heterocycles. The van der Waals surface area contributed by atoms with Crippen LogP contribution >= 0.6 is 0 Å². The number of amides is 1. The molecular weight excluding hydrogens is 358 g/mol. The number of pyridine rings is 1. The Bertz CT molecular complexity index is 1040. The van der Waals surface area contributed by atoms with Crippen LogP contribution in [0.3, 0.4) is 0 Å². The van der Waals surface area contributed by atoms with E-state index in [1.165, 1.54) is 11.9 Å². The van der Waals surface area contributed by atoms with Crippen LogP contribution in [-0.2, 0) is 11.2 Å². The van der Waals surface area contributed by atoms with Crippen molar-refractivity contribution in [2.24, 2.45) is 0 Å². The number of fused-ring (bicyclic) bond motifs is 1. The number of carbonyl (C=O) groups is 2. The molecule has 4 rings (SSSR count). The first-order valence-corrected chi connectivity index (χ1v) is 9.26. The van der Waals surface area contributed by atoms with E-state index in [4.69, 9.17) is 4.52 Å². The lowest BCUT2D eigenvalue weighted by molar-refractivity contribution is -0.141. The smallest absolute Gasteiger partial charge is 0.326 e. The molecule has 0 bridgehead atoms. The summed E-state index contributed by atoms with van der Waals surface area (Å²) in [6.07, 6.45) is 2.28. The molecular formula is C21H21N3O4. The van der Waals surface area contributed by atoms with Gasteiger partial charge < -0.3 is 14.5 Å². The van der Waals surface area contributed by atoms with Gasteiger partial charge in [-0.25, -0.2) is 9.78 Å². The molecule has 1 unspecified atom stereocenters. The molecule has 28 heavy (non-hydrogen) atoms. The zero-order valence-corrected chi connectivity index (χ0v) is 15.8. The molecule has 3 aromatic rings. The summed E-state index contributed by atoms with van der Waals surface area (Å²) in [6.45, 7) is 1.75. The maximum atomic E-state index is 13.3. The quantitative estimate of drug-likeness (QED) is 0.707. The van der Waals surface area contributed by atoms with Crippen molar-refractivity contribution in [2.75, 3.05) is 7.05 Å². The predicted molar refractivity (Wildman–Crippen MR) is 102 cm³/mol. The number of likely N-dealkylation sites (N-methyl/N-ethyl adjacent to an activating group) is 1. The highest BCUT2D eigenvalue weighted by Gasteiger charge is 2.32. The predicted octanol–water partition coefficient (Wildman–Crippen LogP) is 3.18. The van der Waals surface area contributed by atoms with E-state index < -0.39 is 12.0 Å². The van der Waals surface area contributed by atoms with Crippen LogP contribution in [0, 0.1) is 6.92 Å². The number of aromatic nitrogens is 2. The van der Waals surface area contributed by atoms with E-state index in [9.17, 15) is 14.7 Å². The molecule has 0 saturated heterocycles. The van der Waals surface area contributed by atoms with Crippen molar-refractivity contribution in [1.82, 2.24) is 15.0 Å². The van der Waals surface area contributed by atoms with Gasteiger partial charge in [-0.3, -0.25) is 4.79 Å². The highest BCUT2D eigenvalue weighted by Crippen LogP contribution is 2.40. The van der Waals surface area contributed by atoms with Gasteiger partial charge >= 0.3 is 5.97 Å². The first-order valence-electron chi connectivity index (χ1n) is 9.26. The maximum absolute atomic E-state index is 13.3. The minimum Gasteiger partial charge on any atom is -0.480 e. The summed E-state index contributed by atoms with van der Waals surface area (Å²) in [7, 11) is 1.52. The van der Waals surface area contributed by atoms with Crippen molar-refractivity contribution in [3.63, 3.8) is 0 Å². The Kier molecular flexibility index (Phi) is 4.58. The monoisotopic (exact) mass is 379 g/mol.